The molecule has 0 bridgehead atoms. The van der Waals surface area contributed by atoms with Gasteiger partial charge in [-0.3, -0.25) is 9.69 Å². The second kappa shape index (κ2) is 7.60. The van der Waals surface area contributed by atoms with Crippen molar-refractivity contribution in [3.8, 4) is 0 Å². The maximum Gasteiger partial charge on any atom is 0.277 e. The largest absolute Gasteiger partial charge is 0.375 e. The van der Waals surface area contributed by atoms with Gasteiger partial charge >= 0.3 is 0 Å². The number of aliphatic imine (C=N–C) groups is 1. The number of hydrogen-bond acceptors (Lipinski definition) is 4. The third-order valence-corrected chi connectivity index (χ3v) is 5.95. The zero-order valence-electron chi connectivity index (χ0n) is 16.3. The molecule has 0 saturated carbocycles. The number of thiophene rings is 1. The number of carbonyl (C=O) groups excluding carboxylic acids is 1. The van der Waals surface area contributed by atoms with Crippen molar-refractivity contribution in [3.05, 3.63) is 70.7 Å². The van der Waals surface area contributed by atoms with Crippen molar-refractivity contribution >= 4 is 44.9 Å². The van der Waals surface area contributed by atoms with Gasteiger partial charge in [-0.05, 0) is 36.1 Å². The fourth-order valence-corrected chi connectivity index (χ4v) is 4.43. The normalized spacial score (nSPS) is 15.5. The minimum atomic E-state index is -0.0697. The first-order valence-corrected chi connectivity index (χ1v) is 10.3. The van der Waals surface area contributed by atoms with Gasteiger partial charge in [0.1, 0.15) is 11.5 Å². The van der Waals surface area contributed by atoms with Crippen LogP contribution in [-0.4, -0.2) is 37.3 Å². The Balaban J connectivity index is 1.67. The van der Waals surface area contributed by atoms with Crippen LogP contribution in [0.15, 0.2) is 65.3 Å². The molecular weight excluding hydrogens is 366 g/mol. The smallest absolute Gasteiger partial charge is 0.277 e. The standard InChI is InChI=1S/C23H23N3OS/c1-4-12-25(2)18-11-10-17-13-19(28-21(17)14-18)15-20-23(27)26(3)22(24-20)16-8-6-5-7-9-16/h5-11,13-15H,4,12H2,1-3H3/b20-15+. The van der Waals surface area contributed by atoms with Gasteiger partial charge in [0.05, 0.1) is 0 Å². The summed E-state index contributed by atoms with van der Waals surface area (Å²) in [7, 11) is 3.89. The van der Waals surface area contributed by atoms with E-state index < -0.39 is 0 Å². The highest BCUT2D eigenvalue weighted by molar-refractivity contribution is 7.19. The Hall–Kier alpha value is -2.92. The van der Waals surface area contributed by atoms with Gasteiger partial charge in [0.25, 0.3) is 5.91 Å². The lowest BCUT2D eigenvalue weighted by atomic mass is 10.2. The summed E-state index contributed by atoms with van der Waals surface area (Å²) in [4.78, 5) is 22.2. The molecule has 2 heterocycles. The summed E-state index contributed by atoms with van der Waals surface area (Å²) in [5.41, 5.74) is 2.65. The zero-order valence-corrected chi connectivity index (χ0v) is 17.2. The fourth-order valence-electron chi connectivity index (χ4n) is 3.39. The Morgan fingerprint density at radius 2 is 1.93 bits per heavy atom. The Morgan fingerprint density at radius 3 is 2.68 bits per heavy atom. The number of hydrogen-bond donors (Lipinski definition) is 0. The molecule has 0 spiro atoms. The number of carbonyl (C=O) groups is 1. The molecule has 0 aliphatic carbocycles. The molecule has 1 amide bonds. The Bertz CT molecular complexity index is 1080. The number of anilines is 1. The van der Waals surface area contributed by atoms with E-state index in [2.05, 4.69) is 48.1 Å². The van der Waals surface area contributed by atoms with E-state index in [1.807, 2.05) is 36.4 Å². The fraction of sp³-hybridized carbons (Fsp3) is 0.217. The van der Waals surface area contributed by atoms with Crippen LogP contribution >= 0.6 is 11.3 Å². The van der Waals surface area contributed by atoms with Crippen molar-refractivity contribution in [2.45, 2.75) is 13.3 Å². The number of fused-ring (bicyclic) bond motifs is 1. The highest BCUT2D eigenvalue weighted by Crippen LogP contribution is 2.32. The lowest BCUT2D eigenvalue weighted by Gasteiger charge is -2.18. The van der Waals surface area contributed by atoms with Crippen LogP contribution in [0, 0.1) is 0 Å². The van der Waals surface area contributed by atoms with Crippen molar-refractivity contribution in [2.24, 2.45) is 4.99 Å². The molecular formula is C23H23N3OS. The summed E-state index contributed by atoms with van der Waals surface area (Å²) < 4.78 is 1.22. The molecule has 0 N–H and O–H groups in total. The topological polar surface area (TPSA) is 35.9 Å². The Kier molecular flexibility index (Phi) is 5.01. The van der Waals surface area contributed by atoms with Gasteiger partial charge in [-0.15, -0.1) is 11.3 Å². The van der Waals surface area contributed by atoms with Crippen LogP contribution in [0.4, 0.5) is 5.69 Å². The monoisotopic (exact) mass is 389 g/mol. The number of amides is 1. The van der Waals surface area contributed by atoms with Crippen LogP contribution in [0.3, 0.4) is 0 Å². The van der Waals surface area contributed by atoms with E-state index in [4.69, 9.17) is 0 Å². The average Bonchev–Trinajstić information content (AvgIpc) is 3.24. The van der Waals surface area contributed by atoms with Crippen LogP contribution in [0.1, 0.15) is 23.8 Å². The van der Waals surface area contributed by atoms with E-state index in [1.54, 1.807) is 23.3 Å². The third-order valence-electron chi connectivity index (χ3n) is 4.90. The molecule has 0 fully saturated rings. The van der Waals surface area contributed by atoms with E-state index in [0.29, 0.717) is 11.5 Å². The first kappa shape index (κ1) is 18.4. The predicted molar refractivity (Wildman–Crippen MR) is 119 cm³/mol. The predicted octanol–water partition coefficient (Wildman–Crippen LogP) is 5.01. The van der Waals surface area contributed by atoms with Gasteiger partial charge in [0.2, 0.25) is 0 Å². The molecule has 1 aliphatic rings. The molecule has 0 saturated heterocycles. The molecule has 0 unspecified atom stereocenters. The van der Waals surface area contributed by atoms with Gasteiger partial charge < -0.3 is 4.90 Å². The van der Waals surface area contributed by atoms with Crippen molar-refractivity contribution < 1.29 is 4.79 Å². The van der Waals surface area contributed by atoms with Crippen LogP contribution < -0.4 is 4.90 Å². The van der Waals surface area contributed by atoms with Gasteiger partial charge in [-0.25, -0.2) is 4.99 Å². The van der Waals surface area contributed by atoms with Gasteiger partial charge in [0.15, 0.2) is 0 Å². The summed E-state index contributed by atoms with van der Waals surface area (Å²) >= 11 is 1.69. The molecule has 0 atom stereocenters. The third kappa shape index (κ3) is 3.45. The maximum atomic E-state index is 12.7. The molecule has 4 rings (SSSR count). The first-order valence-electron chi connectivity index (χ1n) is 9.45. The number of likely N-dealkylation sites (N-methyl/N-ethyl adjacent to an activating group) is 1. The molecule has 4 nitrogen and oxygen atoms in total. The SMILES string of the molecule is CCCN(C)c1ccc2cc(/C=C3/N=C(c4ccccc4)N(C)C3=O)sc2c1. The molecule has 142 valence electrons. The number of nitrogens with zero attached hydrogens (tertiary/aromatic N) is 3. The minimum absolute atomic E-state index is 0.0697. The summed E-state index contributed by atoms with van der Waals surface area (Å²) in [5.74, 6) is 0.626. The van der Waals surface area contributed by atoms with Crippen LogP contribution in [0.5, 0.6) is 0 Å². The molecule has 1 aromatic heterocycles. The Labute approximate surface area is 169 Å². The summed E-state index contributed by atoms with van der Waals surface area (Å²) in [5, 5.41) is 1.19. The van der Waals surface area contributed by atoms with Crippen molar-refractivity contribution in [2.75, 3.05) is 25.5 Å². The van der Waals surface area contributed by atoms with E-state index in [9.17, 15) is 4.79 Å². The van der Waals surface area contributed by atoms with Crippen LogP contribution in [0.2, 0.25) is 0 Å². The summed E-state index contributed by atoms with van der Waals surface area (Å²) in [6.45, 7) is 3.22. The van der Waals surface area contributed by atoms with Crippen molar-refractivity contribution in [1.82, 2.24) is 4.90 Å². The quantitative estimate of drug-likeness (QED) is 0.575. The van der Waals surface area contributed by atoms with Gasteiger partial charge in [-0.2, -0.15) is 0 Å². The van der Waals surface area contributed by atoms with E-state index in [0.717, 1.165) is 23.4 Å². The van der Waals surface area contributed by atoms with Crippen molar-refractivity contribution in [1.29, 1.82) is 0 Å². The van der Waals surface area contributed by atoms with Crippen LogP contribution in [-0.2, 0) is 4.79 Å². The number of benzene rings is 2. The van der Waals surface area contributed by atoms with Crippen LogP contribution in [0.25, 0.3) is 16.2 Å². The lowest BCUT2D eigenvalue weighted by Crippen LogP contribution is -2.28. The molecule has 5 heteroatoms. The highest BCUT2D eigenvalue weighted by Gasteiger charge is 2.27. The number of amidine groups is 1. The molecule has 28 heavy (non-hydrogen) atoms. The second-order valence-electron chi connectivity index (χ2n) is 6.99. The average molecular weight is 390 g/mol. The molecule has 1 aliphatic heterocycles. The Morgan fingerprint density at radius 1 is 1.14 bits per heavy atom. The van der Waals surface area contributed by atoms with E-state index >= 15 is 0 Å². The first-order chi connectivity index (χ1) is 13.6. The molecule has 3 aromatic rings. The maximum absolute atomic E-state index is 12.7. The highest BCUT2D eigenvalue weighted by atomic mass is 32.1. The van der Waals surface area contributed by atoms with E-state index in [1.165, 1.54) is 15.8 Å². The molecule has 0 radical (unpaired) electrons. The van der Waals surface area contributed by atoms with E-state index in [-0.39, 0.29) is 5.91 Å². The second-order valence-corrected chi connectivity index (χ2v) is 8.10. The lowest BCUT2D eigenvalue weighted by molar-refractivity contribution is -0.121. The van der Waals surface area contributed by atoms with Crippen molar-refractivity contribution in [3.63, 3.8) is 0 Å². The minimum Gasteiger partial charge on any atom is -0.375 e. The summed E-state index contributed by atoms with van der Waals surface area (Å²) in [6.07, 6.45) is 3.02. The molecule has 2 aromatic carbocycles. The summed E-state index contributed by atoms with van der Waals surface area (Å²) in [6, 6.07) is 18.5. The van der Waals surface area contributed by atoms with Gasteiger partial charge in [0, 0.05) is 41.5 Å². The zero-order chi connectivity index (χ0) is 19.7. The van der Waals surface area contributed by atoms with Gasteiger partial charge in [-0.1, -0.05) is 43.3 Å². The number of rotatable bonds is 5.